The zero-order valence-corrected chi connectivity index (χ0v) is 13.6. The summed E-state index contributed by atoms with van der Waals surface area (Å²) in [5, 5.41) is 6.02. The van der Waals surface area contributed by atoms with Gasteiger partial charge in [-0.15, -0.1) is 11.3 Å². The minimum atomic E-state index is -3.52. The Labute approximate surface area is 129 Å². The molecule has 2 aromatic heterocycles. The molecule has 0 spiro atoms. The van der Waals surface area contributed by atoms with Crippen molar-refractivity contribution in [3.63, 3.8) is 0 Å². The number of thiophene rings is 1. The van der Waals surface area contributed by atoms with Crippen molar-refractivity contribution in [2.24, 2.45) is 5.73 Å². The third kappa shape index (κ3) is 4.13. The van der Waals surface area contributed by atoms with Crippen molar-refractivity contribution in [2.45, 2.75) is 37.8 Å². The van der Waals surface area contributed by atoms with Gasteiger partial charge in [0.2, 0.25) is 10.0 Å². The van der Waals surface area contributed by atoms with Crippen LogP contribution < -0.4 is 10.5 Å². The molecule has 0 amide bonds. The lowest BCUT2D eigenvalue weighted by atomic mass is 10.2. The van der Waals surface area contributed by atoms with Crippen LogP contribution in [0, 0.1) is 0 Å². The molecule has 21 heavy (non-hydrogen) atoms. The van der Waals surface area contributed by atoms with Gasteiger partial charge in [-0.25, -0.2) is 13.1 Å². The van der Waals surface area contributed by atoms with Crippen molar-refractivity contribution in [2.75, 3.05) is 6.54 Å². The van der Waals surface area contributed by atoms with Gasteiger partial charge in [0.1, 0.15) is 4.90 Å². The predicted molar refractivity (Wildman–Crippen MR) is 83.6 cm³/mol. The summed E-state index contributed by atoms with van der Waals surface area (Å²) in [6.45, 7) is 3.55. The lowest BCUT2D eigenvalue weighted by Crippen LogP contribution is -2.22. The van der Waals surface area contributed by atoms with E-state index in [0.29, 0.717) is 19.6 Å². The van der Waals surface area contributed by atoms with Crippen molar-refractivity contribution in [1.82, 2.24) is 14.5 Å². The second-order valence-electron chi connectivity index (χ2n) is 4.63. The second kappa shape index (κ2) is 7.17. The Kier molecular flexibility index (Phi) is 5.51. The highest BCUT2D eigenvalue weighted by molar-refractivity contribution is 7.89. The molecule has 0 aliphatic heterocycles. The molecule has 0 saturated heterocycles. The number of aryl methyl sites for hydroxylation is 2. The van der Waals surface area contributed by atoms with Crippen LogP contribution >= 0.6 is 11.3 Å². The Hall–Kier alpha value is -1.22. The summed E-state index contributed by atoms with van der Waals surface area (Å²) < 4.78 is 28.7. The number of nitrogens with zero attached hydrogens (tertiary/aromatic N) is 2. The average molecular weight is 328 g/mol. The van der Waals surface area contributed by atoms with Crippen LogP contribution in [0.25, 0.3) is 0 Å². The van der Waals surface area contributed by atoms with Gasteiger partial charge in [-0.3, -0.25) is 4.68 Å². The lowest BCUT2D eigenvalue weighted by Gasteiger charge is -2.05. The van der Waals surface area contributed by atoms with E-state index in [0.717, 1.165) is 17.7 Å². The number of nitrogens with one attached hydrogen (secondary N) is 1. The zero-order valence-electron chi connectivity index (χ0n) is 11.9. The molecule has 0 atom stereocenters. The highest BCUT2D eigenvalue weighted by atomic mass is 32.2. The third-order valence-electron chi connectivity index (χ3n) is 3.15. The van der Waals surface area contributed by atoms with Crippen molar-refractivity contribution in [1.29, 1.82) is 0 Å². The van der Waals surface area contributed by atoms with Crippen molar-refractivity contribution in [3.8, 4) is 0 Å². The Morgan fingerprint density at radius 2 is 2.29 bits per heavy atom. The first kappa shape index (κ1) is 16.2. The first-order valence-electron chi connectivity index (χ1n) is 6.84. The normalized spacial score (nSPS) is 11.9. The number of hydrogen-bond donors (Lipinski definition) is 2. The van der Waals surface area contributed by atoms with Crippen LogP contribution in [0.15, 0.2) is 28.7 Å². The maximum atomic E-state index is 12.2. The van der Waals surface area contributed by atoms with E-state index in [9.17, 15) is 8.42 Å². The zero-order chi connectivity index (χ0) is 15.3. The van der Waals surface area contributed by atoms with Crippen LogP contribution in [0.2, 0.25) is 0 Å². The van der Waals surface area contributed by atoms with Crippen LogP contribution in [-0.4, -0.2) is 24.7 Å². The molecule has 2 aromatic rings. The topological polar surface area (TPSA) is 90.0 Å². The molecule has 116 valence electrons. The fraction of sp³-hybridized carbons (Fsp3) is 0.462. The molecule has 0 saturated carbocycles. The maximum absolute atomic E-state index is 12.2. The Bertz CT molecular complexity index is 676. The number of rotatable bonds is 8. The van der Waals surface area contributed by atoms with Gasteiger partial charge in [0.15, 0.2) is 0 Å². The fourth-order valence-corrected chi connectivity index (χ4v) is 3.89. The van der Waals surface area contributed by atoms with E-state index in [1.165, 1.54) is 18.0 Å². The van der Waals surface area contributed by atoms with Crippen LogP contribution in [-0.2, 0) is 29.5 Å². The molecule has 0 aliphatic carbocycles. The lowest BCUT2D eigenvalue weighted by molar-refractivity contribution is 0.576. The summed E-state index contributed by atoms with van der Waals surface area (Å²) in [5.74, 6) is 0. The van der Waals surface area contributed by atoms with E-state index >= 15 is 0 Å². The van der Waals surface area contributed by atoms with Crippen molar-refractivity contribution < 1.29 is 8.42 Å². The highest BCUT2D eigenvalue weighted by Gasteiger charge is 2.17. The van der Waals surface area contributed by atoms with E-state index in [1.54, 1.807) is 16.0 Å². The molecule has 0 fully saturated rings. The van der Waals surface area contributed by atoms with Crippen molar-refractivity contribution in [3.05, 3.63) is 34.3 Å². The maximum Gasteiger partial charge on any atom is 0.244 e. The van der Waals surface area contributed by atoms with Gasteiger partial charge in [0.05, 0.1) is 6.20 Å². The molecule has 8 heteroatoms. The molecule has 0 aliphatic rings. The van der Waals surface area contributed by atoms with Gasteiger partial charge in [0, 0.05) is 24.2 Å². The molecule has 0 aromatic carbocycles. The van der Waals surface area contributed by atoms with E-state index in [-0.39, 0.29) is 4.90 Å². The average Bonchev–Trinajstić information content (AvgIpc) is 3.12. The first-order chi connectivity index (χ1) is 10.1. The van der Waals surface area contributed by atoms with Crippen LogP contribution in [0.1, 0.15) is 23.8 Å². The summed E-state index contributed by atoms with van der Waals surface area (Å²) in [6, 6.07) is 2.03. The Morgan fingerprint density at radius 3 is 3.00 bits per heavy atom. The summed E-state index contributed by atoms with van der Waals surface area (Å²) >= 11 is 1.56. The molecule has 0 radical (unpaired) electrons. The number of sulfonamides is 1. The molecule has 3 N–H and O–H groups in total. The van der Waals surface area contributed by atoms with Crippen LogP contribution in [0.5, 0.6) is 0 Å². The quantitative estimate of drug-likeness (QED) is 0.765. The Balaban J connectivity index is 2.03. The second-order valence-corrected chi connectivity index (χ2v) is 7.40. The van der Waals surface area contributed by atoms with E-state index < -0.39 is 10.0 Å². The largest absolute Gasteiger partial charge is 0.330 e. The molecule has 2 rings (SSSR count). The van der Waals surface area contributed by atoms with E-state index in [1.807, 2.05) is 11.4 Å². The van der Waals surface area contributed by atoms with Gasteiger partial charge in [-0.2, -0.15) is 5.10 Å². The fourth-order valence-electron chi connectivity index (χ4n) is 1.94. The first-order valence-corrected chi connectivity index (χ1v) is 9.20. The van der Waals surface area contributed by atoms with Crippen LogP contribution in [0.3, 0.4) is 0 Å². The number of aromatic nitrogens is 2. The van der Waals surface area contributed by atoms with Gasteiger partial charge >= 0.3 is 0 Å². The summed E-state index contributed by atoms with van der Waals surface area (Å²) in [4.78, 5) is 1.24. The summed E-state index contributed by atoms with van der Waals surface area (Å²) in [5.41, 5.74) is 6.61. The number of nitrogens with two attached hydrogens (primary N) is 1. The molecule has 6 nitrogen and oxygen atoms in total. The molecule has 2 heterocycles. The molecular formula is C13H20N4O2S2. The van der Waals surface area contributed by atoms with Gasteiger partial charge in [-0.1, -0.05) is 6.92 Å². The predicted octanol–water partition coefficient (Wildman–Crippen LogP) is 1.33. The summed E-state index contributed by atoms with van der Waals surface area (Å²) in [6.07, 6.45) is 4.57. The highest BCUT2D eigenvalue weighted by Crippen LogP contribution is 2.18. The number of hydrogen-bond acceptors (Lipinski definition) is 5. The van der Waals surface area contributed by atoms with E-state index in [2.05, 4.69) is 16.7 Å². The molecular weight excluding hydrogens is 308 g/mol. The van der Waals surface area contributed by atoms with E-state index in [4.69, 9.17) is 5.73 Å². The standard InChI is InChI=1S/C13H20N4O2S2/c1-2-11-4-7-20-13(11)9-16-21(18,19)12-8-15-17(10-12)6-3-5-14/h4,7-8,10,16H,2-3,5-6,9,14H2,1H3. The Morgan fingerprint density at radius 1 is 1.48 bits per heavy atom. The van der Waals surface area contributed by atoms with Gasteiger partial charge < -0.3 is 5.73 Å². The minimum absolute atomic E-state index is 0.189. The molecule has 0 bridgehead atoms. The minimum Gasteiger partial charge on any atom is -0.330 e. The van der Waals surface area contributed by atoms with Crippen LogP contribution in [0.4, 0.5) is 0 Å². The van der Waals surface area contributed by atoms with Gasteiger partial charge in [0.25, 0.3) is 0 Å². The summed E-state index contributed by atoms with van der Waals surface area (Å²) in [7, 11) is -3.52. The SMILES string of the molecule is CCc1ccsc1CNS(=O)(=O)c1cnn(CCCN)c1. The third-order valence-corrected chi connectivity index (χ3v) is 5.47. The van der Waals surface area contributed by atoms with Crippen molar-refractivity contribution >= 4 is 21.4 Å². The monoisotopic (exact) mass is 328 g/mol. The molecule has 0 unspecified atom stereocenters. The smallest absolute Gasteiger partial charge is 0.244 e. The van der Waals surface area contributed by atoms with Gasteiger partial charge in [-0.05, 0) is 36.4 Å².